The molecule has 30 valence electrons. The van der Waals surface area contributed by atoms with Gasteiger partial charge in [-0.25, -0.2) is 0 Å². The van der Waals surface area contributed by atoms with Gasteiger partial charge in [0.2, 0.25) is 0 Å². The third kappa shape index (κ3) is 64.0. The van der Waals surface area contributed by atoms with Crippen molar-refractivity contribution < 1.29 is 8.42 Å². The SMILES string of the molecule is C[S](=O)(=O)[SnH]. The average Bonchev–Trinajstić information content (AvgIpc) is 0.722. The van der Waals surface area contributed by atoms with Gasteiger partial charge in [-0.3, -0.25) is 0 Å². The molecule has 0 aliphatic carbocycles. The summed E-state index contributed by atoms with van der Waals surface area (Å²) in [5.41, 5.74) is 0. The van der Waals surface area contributed by atoms with Gasteiger partial charge in [0.1, 0.15) is 0 Å². The average molecular weight is 199 g/mol. The van der Waals surface area contributed by atoms with E-state index in [0.717, 1.165) is 0 Å². The van der Waals surface area contributed by atoms with Gasteiger partial charge >= 0.3 is 42.8 Å². The Morgan fingerprint density at radius 3 is 1.60 bits per heavy atom. The van der Waals surface area contributed by atoms with Crippen molar-refractivity contribution in [2.75, 3.05) is 6.26 Å². The fraction of sp³-hybridized carbons (Fsp3) is 1.00. The van der Waals surface area contributed by atoms with E-state index in [0.29, 0.717) is 21.1 Å². The zero-order valence-corrected chi connectivity index (χ0v) is 6.91. The van der Waals surface area contributed by atoms with E-state index in [-0.39, 0.29) is 0 Å². The maximum atomic E-state index is 9.69. The topological polar surface area (TPSA) is 34.1 Å². The molecular weight excluding hydrogens is 195 g/mol. The Morgan fingerprint density at radius 1 is 1.60 bits per heavy atom. The summed E-state index contributed by atoms with van der Waals surface area (Å²) in [4.78, 5) is 0. The maximum absolute atomic E-state index is 9.69. The van der Waals surface area contributed by atoms with Gasteiger partial charge < -0.3 is 0 Å². The normalized spacial score (nSPS) is 11.6. The molecule has 0 spiro atoms. The van der Waals surface area contributed by atoms with Gasteiger partial charge in [0.05, 0.1) is 0 Å². The van der Waals surface area contributed by atoms with Gasteiger partial charge in [-0.05, 0) is 0 Å². The molecule has 0 heterocycles. The van der Waals surface area contributed by atoms with Crippen molar-refractivity contribution in [1.29, 1.82) is 0 Å². The van der Waals surface area contributed by atoms with E-state index in [2.05, 4.69) is 0 Å². The summed E-state index contributed by atoms with van der Waals surface area (Å²) in [6.07, 6.45) is 1.22. The zero-order chi connectivity index (χ0) is 4.50. The summed E-state index contributed by atoms with van der Waals surface area (Å²) in [6, 6.07) is 0. The first-order chi connectivity index (χ1) is 2.00. The monoisotopic (exact) mass is 200 g/mol. The van der Waals surface area contributed by atoms with Gasteiger partial charge in [-0.2, -0.15) is 0 Å². The number of hydrogen-bond acceptors (Lipinski definition) is 2. The van der Waals surface area contributed by atoms with Crippen molar-refractivity contribution >= 4 is 28.2 Å². The van der Waals surface area contributed by atoms with E-state index in [1.54, 1.807) is 0 Å². The zero-order valence-electron chi connectivity index (χ0n) is 2.80. The molecule has 0 aliphatic rings. The molecule has 0 atom stereocenters. The van der Waals surface area contributed by atoms with Crippen molar-refractivity contribution in [3.8, 4) is 0 Å². The second-order valence-corrected chi connectivity index (χ2v) is 9.82. The quantitative estimate of drug-likeness (QED) is 0.461. The number of rotatable bonds is 0. The van der Waals surface area contributed by atoms with Crippen LogP contribution in [-0.2, 0) is 7.02 Å². The van der Waals surface area contributed by atoms with E-state index in [1.807, 2.05) is 0 Å². The molecule has 0 bridgehead atoms. The van der Waals surface area contributed by atoms with Crippen LogP contribution in [0.4, 0.5) is 0 Å². The molecule has 0 amide bonds. The van der Waals surface area contributed by atoms with E-state index >= 15 is 0 Å². The molecule has 5 heavy (non-hydrogen) atoms. The summed E-state index contributed by atoms with van der Waals surface area (Å²) >= 11 is 0.336. The van der Waals surface area contributed by atoms with Crippen LogP contribution in [0.3, 0.4) is 0 Å². The van der Waals surface area contributed by atoms with E-state index < -0.39 is 7.02 Å². The molecule has 0 aromatic carbocycles. The molecular formula is CH4O2SSn. The molecule has 0 aliphatic heterocycles. The molecule has 0 rings (SSSR count). The Balaban J connectivity index is 4.06. The first kappa shape index (κ1) is 5.75. The summed E-state index contributed by atoms with van der Waals surface area (Å²) in [6.45, 7) is 0. The van der Waals surface area contributed by atoms with Crippen LogP contribution >= 0.6 is 0 Å². The predicted molar refractivity (Wildman–Crippen MR) is 22.0 cm³/mol. The fourth-order valence-corrected chi connectivity index (χ4v) is 0. The first-order valence-corrected chi connectivity index (χ1v) is 6.97. The van der Waals surface area contributed by atoms with Crippen LogP contribution in [0, 0.1) is 0 Å². The molecule has 0 saturated heterocycles. The van der Waals surface area contributed by atoms with E-state index in [1.165, 1.54) is 6.26 Å². The summed E-state index contributed by atoms with van der Waals surface area (Å²) < 4.78 is 19.4. The standard InChI is InChI=1S/CH3O2S.Sn.H/c1-4(2)3;;/h1H3;;. The van der Waals surface area contributed by atoms with Crippen molar-refractivity contribution in [2.45, 2.75) is 0 Å². The van der Waals surface area contributed by atoms with Crippen LogP contribution < -0.4 is 0 Å². The second kappa shape index (κ2) is 1.47. The van der Waals surface area contributed by atoms with E-state index in [9.17, 15) is 8.42 Å². The van der Waals surface area contributed by atoms with Crippen LogP contribution in [0.15, 0.2) is 0 Å². The van der Waals surface area contributed by atoms with Crippen molar-refractivity contribution in [2.24, 2.45) is 0 Å². The van der Waals surface area contributed by atoms with Gasteiger partial charge in [-0.15, -0.1) is 0 Å². The summed E-state index contributed by atoms with van der Waals surface area (Å²) in [5, 5.41) is 0. The van der Waals surface area contributed by atoms with E-state index in [4.69, 9.17) is 0 Å². The molecule has 0 saturated carbocycles. The van der Waals surface area contributed by atoms with Crippen molar-refractivity contribution in [1.82, 2.24) is 0 Å². The molecule has 0 fully saturated rings. The Morgan fingerprint density at radius 2 is 1.60 bits per heavy atom. The molecule has 2 nitrogen and oxygen atoms in total. The second-order valence-electron chi connectivity index (χ2n) is 0.830. The molecule has 0 aromatic rings. The minimum atomic E-state index is -2.54. The molecule has 2 radical (unpaired) electrons. The van der Waals surface area contributed by atoms with Gasteiger partial charge in [0, 0.05) is 0 Å². The van der Waals surface area contributed by atoms with Crippen molar-refractivity contribution in [3.05, 3.63) is 0 Å². The molecule has 0 unspecified atom stereocenters. The first-order valence-electron chi connectivity index (χ1n) is 0.977. The van der Waals surface area contributed by atoms with Crippen molar-refractivity contribution in [3.63, 3.8) is 0 Å². The summed E-state index contributed by atoms with van der Waals surface area (Å²) in [5.74, 6) is 0. The minimum absolute atomic E-state index is 0.336. The third-order valence-corrected chi connectivity index (χ3v) is 0. The fourth-order valence-electron chi connectivity index (χ4n) is 0. The molecule has 0 N–H and O–H groups in total. The Hall–Kier alpha value is 0.749. The van der Waals surface area contributed by atoms with Crippen LogP contribution in [0.2, 0.25) is 0 Å². The number of hydrogen-bond donors (Lipinski definition) is 0. The van der Waals surface area contributed by atoms with Crippen LogP contribution in [0.25, 0.3) is 0 Å². The Labute approximate surface area is 43.0 Å². The predicted octanol–water partition coefficient (Wildman–Crippen LogP) is -1.15. The van der Waals surface area contributed by atoms with Gasteiger partial charge in [-0.1, -0.05) is 0 Å². The van der Waals surface area contributed by atoms with Crippen LogP contribution in [0.5, 0.6) is 0 Å². The van der Waals surface area contributed by atoms with Crippen LogP contribution in [0.1, 0.15) is 0 Å². The molecule has 4 heteroatoms. The third-order valence-electron chi connectivity index (χ3n) is 0. The summed E-state index contributed by atoms with van der Waals surface area (Å²) in [7, 11) is -2.54. The van der Waals surface area contributed by atoms with Gasteiger partial charge in [0.25, 0.3) is 0 Å². The van der Waals surface area contributed by atoms with Gasteiger partial charge in [0.15, 0.2) is 0 Å². The van der Waals surface area contributed by atoms with Crippen LogP contribution in [-0.4, -0.2) is 35.8 Å². The Kier molecular flexibility index (Phi) is 1.68. The molecule has 0 aromatic heterocycles. The Bertz CT molecular complexity index is 92.8.